The smallest absolute Gasteiger partial charge is 0.270 e. The molecule has 7 nitrogen and oxygen atoms in total. The molecule has 1 N–H and O–H groups in total. The Morgan fingerprint density at radius 2 is 2.08 bits per heavy atom. The zero-order valence-corrected chi connectivity index (χ0v) is 15.0. The topological polar surface area (TPSA) is 84.7 Å². The summed E-state index contributed by atoms with van der Waals surface area (Å²) in [5.74, 6) is 0.137. The monoisotopic (exact) mass is 351 g/mol. The minimum Gasteiger partial charge on any atom is -0.494 e. The molecule has 0 aliphatic heterocycles. The fraction of sp³-hybridized carbons (Fsp3) is 0.438. The lowest BCUT2D eigenvalue weighted by molar-refractivity contribution is -0.384. The van der Waals surface area contributed by atoms with Crippen LogP contribution in [0.3, 0.4) is 0 Å². The molecule has 1 heterocycles. The molecule has 0 spiro atoms. The third-order valence-electron chi connectivity index (χ3n) is 3.95. The number of amides is 1. The summed E-state index contributed by atoms with van der Waals surface area (Å²) in [6.45, 7) is 7.65. The highest BCUT2D eigenvalue weighted by Crippen LogP contribution is 2.39. The number of ether oxygens (including phenoxy) is 1. The van der Waals surface area contributed by atoms with Crippen molar-refractivity contribution in [2.75, 3.05) is 20.2 Å². The largest absolute Gasteiger partial charge is 0.494 e. The van der Waals surface area contributed by atoms with E-state index < -0.39 is 4.92 Å². The van der Waals surface area contributed by atoms with E-state index in [0.717, 1.165) is 17.8 Å². The van der Waals surface area contributed by atoms with Crippen molar-refractivity contribution < 1.29 is 14.5 Å². The van der Waals surface area contributed by atoms with E-state index in [4.69, 9.17) is 4.74 Å². The van der Waals surface area contributed by atoms with Crippen molar-refractivity contribution in [1.82, 2.24) is 10.2 Å². The summed E-state index contributed by atoms with van der Waals surface area (Å²) >= 11 is 1.27. The summed E-state index contributed by atoms with van der Waals surface area (Å²) in [6, 6.07) is 4.51. The zero-order valence-electron chi connectivity index (χ0n) is 14.2. The number of benzene rings is 1. The summed E-state index contributed by atoms with van der Waals surface area (Å²) in [4.78, 5) is 25.7. The van der Waals surface area contributed by atoms with Crippen molar-refractivity contribution >= 4 is 33.0 Å². The lowest BCUT2D eigenvalue weighted by Gasteiger charge is -2.26. The highest BCUT2D eigenvalue weighted by atomic mass is 32.1. The van der Waals surface area contributed by atoms with Gasteiger partial charge in [0, 0.05) is 22.2 Å². The Morgan fingerprint density at radius 3 is 2.62 bits per heavy atom. The molecule has 0 fully saturated rings. The first-order valence-electron chi connectivity index (χ1n) is 7.72. The molecule has 130 valence electrons. The Balaban J connectivity index is 2.37. The second-order valence-electron chi connectivity index (χ2n) is 5.27. The molecular formula is C16H21N3O4S. The van der Waals surface area contributed by atoms with Crippen LogP contribution in [-0.4, -0.2) is 42.1 Å². The SMILES string of the molecule is CCN(CC)C(C)NC(=O)c1sc2ccc([N+](=O)[O-])cc2c1OC. The minimum absolute atomic E-state index is 0.0259. The lowest BCUT2D eigenvalue weighted by Crippen LogP contribution is -2.45. The number of hydrogen-bond donors (Lipinski definition) is 1. The van der Waals surface area contributed by atoms with Crippen molar-refractivity contribution in [3.05, 3.63) is 33.2 Å². The zero-order chi connectivity index (χ0) is 17.9. The van der Waals surface area contributed by atoms with Gasteiger partial charge in [-0.2, -0.15) is 0 Å². The Hall–Kier alpha value is -2.19. The fourth-order valence-corrected chi connectivity index (χ4v) is 3.70. The molecule has 8 heteroatoms. The summed E-state index contributed by atoms with van der Waals surface area (Å²) < 4.78 is 6.14. The van der Waals surface area contributed by atoms with Gasteiger partial charge in [0.1, 0.15) is 4.88 Å². The van der Waals surface area contributed by atoms with Crippen LogP contribution < -0.4 is 10.1 Å². The van der Waals surface area contributed by atoms with Gasteiger partial charge in [0.05, 0.1) is 18.2 Å². The molecule has 1 aromatic carbocycles. The Kier molecular flexibility index (Phi) is 5.74. The number of nitrogens with zero attached hydrogens (tertiary/aromatic N) is 2. The third-order valence-corrected chi connectivity index (χ3v) is 5.10. The minimum atomic E-state index is -0.460. The van der Waals surface area contributed by atoms with Crippen LogP contribution in [0.1, 0.15) is 30.4 Å². The molecule has 1 amide bonds. The number of nitro groups is 1. The number of carbonyl (C=O) groups excluding carboxylic acids is 1. The molecule has 24 heavy (non-hydrogen) atoms. The molecule has 1 unspecified atom stereocenters. The highest BCUT2D eigenvalue weighted by molar-refractivity contribution is 7.21. The van der Waals surface area contributed by atoms with Gasteiger partial charge < -0.3 is 10.1 Å². The number of fused-ring (bicyclic) bond motifs is 1. The van der Waals surface area contributed by atoms with Crippen molar-refractivity contribution in [2.45, 2.75) is 26.9 Å². The first kappa shape index (κ1) is 18.2. The van der Waals surface area contributed by atoms with Crippen molar-refractivity contribution in [1.29, 1.82) is 0 Å². The van der Waals surface area contributed by atoms with Gasteiger partial charge >= 0.3 is 0 Å². The van der Waals surface area contributed by atoms with Gasteiger partial charge in [0.2, 0.25) is 0 Å². The molecule has 2 rings (SSSR count). The molecule has 2 aromatic rings. The van der Waals surface area contributed by atoms with Gasteiger partial charge in [0.15, 0.2) is 5.75 Å². The van der Waals surface area contributed by atoms with E-state index in [9.17, 15) is 14.9 Å². The molecule has 0 saturated heterocycles. The van der Waals surface area contributed by atoms with Crippen LogP contribution in [0.4, 0.5) is 5.69 Å². The maximum absolute atomic E-state index is 12.6. The number of nitro benzene ring substituents is 1. The molecule has 1 aromatic heterocycles. The molecular weight excluding hydrogens is 330 g/mol. The summed E-state index contributed by atoms with van der Waals surface area (Å²) in [5, 5.41) is 14.5. The van der Waals surface area contributed by atoms with E-state index in [0.29, 0.717) is 16.0 Å². The summed E-state index contributed by atoms with van der Waals surface area (Å²) in [7, 11) is 1.46. The number of non-ortho nitro benzene ring substituents is 1. The number of thiophene rings is 1. The molecule has 0 saturated carbocycles. The standard InChI is InChI=1S/C16H21N3O4S/c1-5-18(6-2)10(3)17-16(20)15-14(23-4)12-9-11(19(21)22)7-8-13(12)24-15/h7-10H,5-6H2,1-4H3,(H,17,20). The number of hydrogen-bond acceptors (Lipinski definition) is 6. The number of nitrogens with one attached hydrogen (secondary N) is 1. The maximum atomic E-state index is 12.6. The van der Waals surface area contributed by atoms with Crippen molar-refractivity contribution in [3.63, 3.8) is 0 Å². The molecule has 0 radical (unpaired) electrons. The Bertz CT molecular complexity index is 755. The van der Waals surface area contributed by atoms with Gasteiger partial charge in [-0.25, -0.2) is 0 Å². The van der Waals surface area contributed by atoms with Gasteiger partial charge in [-0.1, -0.05) is 13.8 Å². The lowest BCUT2D eigenvalue weighted by atomic mass is 10.2. The van der Waals surface area contributed by atoms with E-state index in [1.807, 2.05) is 20.8 Å². The number of methoxy groups -OCH3 is 1. The van der Waals surface area contributed by atoms with E-state index in [-0.39, 0.29) is 17.8 Å². The van der Waals surface area contributed by atoms with Gasteiger partial charge in [-0.3, -0.25) is 19.8 Å². The van der Waals surface area contributed by atoms with Crippen LogP contribution >= 0.6 is 11.3 Å². The van der Waals surface area contributed by atoms with E-state index in [1.54, 1.807) is 6.07 Å². The average Bonchev–Trinajstić information content (AvgIpc) is 2.93. The number of rotatable bonds is 7. The second kappa shape index (κ2) is 7.59. The van der Waals surface area contributed by atoms with Crippen LogP contribution in [-0.2, 0) is 0 Å². The van der Waals surface area contributed by atoms with Gasteiger partial charge in [0.25, 0.3) is 11.6 Å². The van der Waals surface area contributed by atoms with E-state index in [2.05, 4.69) is 10.2 Å². The summed E-state index contributed by atoms with van der Waals surface area (Å²) in [6.07, 6.45) is -0.114. The van der Waals surface area contributed by atoms with E-state index in [1.165, 1.54) is 30.6 Å². The van der Waals surface area contributed by atoms with Crippen molar-refractivity contribution in [2.24, 2.45) is 0 Å². The van der Waals surface area contributed by atoms with E-state index >= 15 is 0 Å². The van der Waals surface area contributed by atoms with Crippen molar-refractivity contribution in [3.8, 4) is 5.75 Å². The van der Waals surface area contributed by atoms with Crippen LogP contribution in [0.2, 0.25) is 0 Å². The average molecular weight is 351 g/mol. The maximum Gasteiger partial charge on any atom is 0.270 e. The van der Waals surface area contributed by atoms with Gasteiger partial charge in [-0.05, 0) is 26.1 Å². The van der Waals surface area contributed by atoms with Crippen LogP contribution in [0.5, 0.6) is 5.75 Å². The Labute approximate surface area is 144 Å². The third kappa shape index (κ3) is 3.49. The second-order valence-corrected chi connectivity index (χ2v) is 6.32. The quantitative estimate of drug-likeness (QED) is 0.470. The number of carbonyl (C=O) groups is 1. The predicted octanol–water partition coefficient (Wildman–Crippen LogP) is 3.24. The molecule has 1 atom stereocenters. The summed E-state index contributed by atoms with van der Waals surface area (Å²) in [5.41, 5.74) is -0.0259. The molecule has 0 aliphatic carbocycles. The normalized spacial score (nSPS) is 12.4. The molecule has 0 aliphatic rings. The highest BCUT2D eigenvalue weighted by Gasteiger charge is 2.23. The molecule has 0 bridgehead atoms. The first-order chi connectivity index (χ1) is 11.4. The van der Waals surface area contributed by atoms with Crippen LogP contribution in [0, 0.1) is 10.1 Å². The first-order valence-corrected chi connectivity index (χ1v) is 8.54. The van der Waals surface area contributed by atoms with Crippen LogP contribution in [0.15, 0.2) is 18.2 Å². The Morgan fingerprint density at radius 1 is 1.42 bits per heavy atom. The predicted molar refractivity (Wildman–Crippen MR) is 94.9 cm³/mol. The van der Waals surface area contributed by atoms with Crippen LogP contribution in [0.25, 0.3) is 10.1 Å². The fourth-order valence-electron chi connectivity index (χ4n) is 2.65. The van der Waals surface area contributed by atoms with Gasteiger partial charge in [-0.15, -0.1) is 11.3 Å².